The molecule has 2 rings (SSSR count). The van der Waals surface area contributed by atoms with Gasteiger partial charge in [0.25, 0.3) is 5.56 Å². The quantitative estimate of drug-likeness (QED) is 0.718. The van der Waals surface area contributed by atoms with Gasteiger partial charge in [0, 0.05) is 11.8 Å². The first-order chi connectivity index (χ1) is 7.45. The third-order valence-corrected chi connectivity index (χ3v) is 2.47. The van der Waals surface area contributed by atoms with Crippen LogP contribution in [0.25, 0.3) is 5.65 Å². The maximum Gasteiger partial charge on any atom is 0.278 e. The van der Waals surface area contributed by atoms with Crippen molar-refractivity contribution in [2.24, 2.45) is 0 Å². The van der Waals surface area contributed by atoms with E-state index in [-0.39, 0.29) is 11.0 Å². The van der Waals surface area contributed by atoms with E-state index in [1.54, 1.807) is 6.20 Å². The van der Waals surface area contributed by atoms with Crippen molar-refractivity contribution in [3.8, 4) is 6.07 Å². The van der Waals surface area contributed by atoms with Crippen LogP contribution in [0.1, 0.15) is 31.9 Å². The number of aromatic nitrogens is 3. The Bertz CT molecular complexity index is 637. The van der Waals surface area contributed by atoms with E-state index in [4.69, 9.17) is 5.26 Å². The molecule has 0 aliphatic rings. The van der Waals surface area contributed by atoms with Crippen molar-refractivity contribution in [2.45, 2.75) is 26.2 Å². The lowest BCUT2D eigenvalue weighted by Gasteiger charge is -2.17. The first-order valence-corrected chi connectivity index (χ1v) is 4.95. The molecule has 0 unspecified atom stereocenters. The summed E-state index contributed by atoms with van der Waals surface area (Å²) in [5.74, 6) is 0. The second kappa shape index (κ2) is 3.20. The van der Waals surface area contributed by atoms with Crippen LogP contribution in [-0.2, 0) is 5.41 Å². The molecule has 16 heavy (non-hydrogen) atoms. The molecule has 0 atom stereocenters. The molecule has 5 nitrogen and oxygen atoms in total. The summed E-state index contributed by atoms with van der Waals surface area (Å²) in [6, 6.07) is 1.98. The van der Waals surface area contributed by atoms with Crippen molar-refractivity contribution in [3.05, 3.63) is 33.9 Å². The molecular weight excluding hydrogens is 204 g/mol. The van der Waals surface area contributed by atoms with Gasteiger partial charge in [-0.05, 0) is 5.41 Å². The number of hydrogen-bond donors (Lipinski definition) is 1. The van der Waals surface area contributed by atoms with Crippen molar-refractivity contribution < 1.29 is 0 Å². The monoisotopic (exact) mass is 216 g/mol. The molecule has 0 fully saturated rings. The standard InChI is InChI=1S/C11H12N4O/c1-11(2,3)8-6-13-9-7(4-12)5-14-15(9)10(8)16/h5-6,13H,1-3H3. The van der Waals surface area contributed by atoms with Crippen molar-refractivity contribution in [1.29, 1.82) is 5.26 Å². The number of fused-ring (bicyclic) bond motifs is 1. The minimum absolute atomic E-state index is 0.178. The fourth-order valence-electron chi connectivity index (χ4n) is 1.58. The SMILES string of the molecule is CC(C)(C)c1c[nH]c2c(C#N)cnn2c1=O. The zero-order valence-corrected chi connectivity index (χ0v) is 9.40. The largest absolute Gasteiger partial charge is 0.345 e. The summed E-state index contributed by atoms with van der Waals surface area (Å²) < 4.78 is 1.24. The average Bonchev–Trinajstić information content (AvgIpc) is 2.60. The van der Waals surface area contributed by atoms with Gasteiger partial charge < -0.3 is 4.98 Å². The van der Waals surface area contributed by atoms with E-state index in [0.717, 1.165) is 0 Å². The van der Waals surface area contributed by atoms with E-state index in [1.165, 1.54) is 10.7 Å². The Hall–Kier alpha value is -2.09. The Balaban J connectivity index is 2.84. The lowest BCUT2D eigenvalue weighted by atomic mass is 9.89. The summed E-state index contributed by atoms with van der Waals surface area (Å²) in [6.07, 6.45) is 3.04. The average molecular weight is 216 g/mol. The number of hydrogen-bond acceptors (Lipinski definition) is 3. The molecule has 1 N–H and O–H groups in total. The van der Waals surface area contributed by atoms with E-state index in [2.05, 4.69) is 10.1 Å². The fraction of sp³-hybridized carbons (Fsp3) is 0.364. The number of H-pyrrole nitrogens is 1. The minimum Gasteiger partial charge on any atom is -0.345 e. The third-order valence-electron chi connectivity index (χ3n) is 2.47. The van der Waals surface area contributed by atoms with E-state index in [0.29, 0.717) is 16.8 Å². The van der Waals surface area contributed by atoms with Crippen LogP contribution in [0.5, 0.6) is 0 Å². The van der Waals surface area contributed by atoms with Gasteiger partial charge in [0.15, 0.2) is 5.65 Å². The molecule has 5 heteroatoms. The highest BCUT2D eigenvalue weighted by Gasteiger charge is 2.20. The summed E-state index contributed by atoms with van der Waals surface area (Å²) in [5, 5.41) is 12.7. The highest BCUT2D eigenvalue weighted by molar-refractivity contribution is 5.53. The van der Waals surface area contributed by atoms with Crippen molar-refractivity contribution >= 4 is 5.65 Å². The Labute approximate surface area is 92.3 Å². The van der Waals surface area contributed by atoms with Crippen LogP contribution in [0, 0.1) is 11.3 Å². The van der Waals surface area contributed by atoms with Crippen LogP contribution < -0.4 is 5.56 Å². The smallest absolute Gasteiger partial charge is 0.278 e. The van der Waals surface area contributed by atoms with Gasteiger partial charge in [-0.2, -0.15) is 14.9 Å². The van der Waals surface area contributed by atoms with Gasteiger partial charge >= 0.3 is 0 Å². The second-order valence-corrected chi connectivity index (χ2v) is 4.69. The highest BCUT2D eigenvalue weighted by Crippen LogP contribution is 2.18. The van der Waals surface area contributed by atoms with Crippen LogP contribution in [0.2, 0.25) is 0 Å². The number of nitrogens with zero attached hydrogens (tertiary/aromatic N) is 3. The Morgan fingerprint density at radius 2 is 2.19 bits per heavy atom. The van der Waals surface area contributed by atoms with E-state index >= 15 is 0 Å². The Kier molecular flexibility index (Phi) is 2.09. The van der Waals surface area contributed by atoms with E-state index in [9.17, 15) is 4.79 Å². The van der Waals surface area contributed by atoms with Gasteiger partial charge in [0.05, 0.1) is 6.20 Å². The van der Waals surface area contributed by atoms with Crippen LogP contribution in [0.3, 0.4) is 0 Å². The van der Waals surface area contributed by atoms with E-state index < -0.39 is 0 Å². The molecule has 2 heterocycles. The maximum absolute atomic E-state index is 12.1. The molecule has 0 saturated heterocycles. The Morgan fingerprint density at radius 1 is 1.50 bits per heavy atom. The number of aromatic amines is 1. The Morgan fingerprint density at radius 3 is 2.75 bits per heavy atom. The molecule has 2 aromatic rings. The van der Waals surface area contributed by atoms with Crippen molar-refractivity contribution in [1.82, 2.24) is 14.6 Å². The fourth-order valence-corrected chi connectivity index (χ4v) is 1.58. The normalized spacial score (nSPS) is 11.6. The topological polar surface area (TPSA) is 73.9 Å². The predicted octanol–water partition coefficient (Wildman–Crippen LogP) is 1.19. The maximum atomic E-state index is 12.1. The molecule has 0 spiro atoms. The predicted molar refractivity (Wildman–Crippen MR) is 59.2 cm³/mol. The lowest BCUT2D eigenvalue weighted by Crippen LogP contribution is -2.28. The van der Waals surface area contributed by atoms with Gasteiger partial charge in [-0.15, -0.1) is 0 Å². The second-order valence-electron chi connectivity index (χ2n) is 4.69. The summed E-state index contributed by atoms with van der Waals surface area (Å²) in [5.41, 5.74) is 1.04. The number of rotatable bonds is 0. The summed E-state index contributed by atoms with van der Waals surface area (Å²) >= 11 is 0. The molecule has 0 aliphatic heterocycles. The molecule has 0 bridgehead atoms. The van der Waals surface area contributed by atoms with Gasteiger partial charge in [0.1, 0.15) is 11.6 Å². The van der Waals surface area contributed by atoms with Crippen LogP contribution in [0.4, 0.5) is 0 Å². The van der Waals surface area contributed by atoms with Crippen LogP contribution in [-0.4, -0.2) is 14.6 Å². The molecule has 2 aromatic heterocycles. The molecular formula is C11H12N4O. The first-order valence-electron chi connectivity index (χ1n) is 4.95. The summed E-state index contributed by atoms with van der Waals surface area (Å²) in [4.78, 5) is 15.0. The first kappa shape index (κ1) is 10.4. The van der Waals surface area contributed by atoms with Crippen LogP contribution >= 0.6 is 0 Å². The number of nitrogens with one attached hydrogen (secondary N) is 1. The lowest BCUT2D eigenvalue weighted by molar-refractivity contribution is 0.573. The summed E-state index contributed by atoms with van der Waals surface area (Å²) in [6.45, 7) is 5.87. The van der Waals surface area contributed by atoms with Crippen molar-refractivity contribution in [2.75, 3.05) is 0 Å². The molecule has 0 aromatic carbocycles. The molecule has 0 saturated carbocycles. The molecule has 0 radical (unpaired) electrons. The minimum atomic E-state index is -0.249. The highest BCUT2D eigenvalue weighted by atomic mass is 16.1. The van der Waals surface area contributed by atoms with E-state index in [1.807, 2.05) is 26.8 Å². The number of nitriles is 1. The van der Waals surface area contributed by atoms with Gasteiger partial charge in [-0.1, -0.05) is 20.8 Å². The molecule has 0 aliphatic carbocycles. The van der Waals surface area contributed by atoms with Gasteiger partial charge in [-0.3, -0.25) is 4.79 Å². The molecule has 0 amide bonds. The van der Waals surface area contributed by atoms with Gasteiger partial charge in [0.2, 0.25) is 0 Å². The van der Waals surface area contributed by atoms with Gasteiger partial charge in [-0.25, -0.2) is 0 Å². The van der Waals surface area contributed by atoms with Crippen molar-refractivity contribution in [3.63, 3.8) is 0 Å². The summed E-state index contributed by atoms with van der Waals surface area (Å²) in [7, 11) is 0. The van der Waals surface area contributed by atoms with Crippen LogP contribution in [0.15, 0.2) is 17.2 Å². The zero-order valence-electron chi connectivity index (χ0n) is 9.40. The zero-order chi connectivity index (χ0) is 11.9. The molecule has 82 valence electrons. The third kappa shape index (κ3) is 1.39.